The average Bonchev–Trinajstić information content (AvgIpc) is 2.28. The van der Waals surface area contributed by atoms with Gasteiger partial charge in [0, 0.05) is 10.0 Å². The van der Waals surface area contributed by atoms with E-state index in [-0.39, 0.29) is 0 Å². The second-order valence-electron chi connectivity index (χ2n) is 3.89. The van der Waals surface area contributed by atoms with Crippen LogP contribution < -0.4 is 0 Å². The van der Waals surface area contributed by atoms with Gasteiger partial charge in [0.05, 0.1) is 0 Å². The topological polar surface area (TPSA) is 0 Å². The molecule has 1 aromatic carbocycles. The summed E-state index contributed by atoms with van der Waals surface area (Å²) in [7, 11) is 0. The fourth-order valence-electron chi connectivity index (χ4n) is 1.77. The minimum absolute atomic E-state index is 0.467. The zero-order valence-electron chi connectivity index (χ0n) is 9.84. The maximum absolute atomic E-state index is 6.20. The van der Waals surface area contributed by atoms with Crippen molar-refractivity contribution in [1.82, 2.24) is 0 Å². The van der Waals surface area contributed by atoms with Gasteiger partial charge in [0.2, 0.25) is 0 Å². The third-order valence-electron chi connectivity index (χ3n) is 2.71. The van der Waals surface area contributed by atoms with Crippen LogP contribution in [-0.4, -0.2) is 0 Å². The van der Waals surface area contributed by atoms with Gasteiger partial charge in [-0.1, -0.05) is 49.2 Å². The van der Waals surface area contributed by atoms with Crippen molar-refractivity contribution in [3.05, 3.63) is 46.0 Å². The Morgan fingerprint density at radius 2 is 1.94 bits per heavy atom. The zero-order valence-corrected chi connectivity index (χ0v) is 11.4. The first-order chi connectivity index (χ1) is 7.69. The van der Waals surface area contributed by atoms with Crippen LogP contribution in [0.2, 0.25) is 10.0 Å². The predicted molar refractivity (Wildman–Crippen MR) is 73.5 cm³/mol. The Kier molecular flexibility index (Phi) is 5.94. The standard InChI is InChI=1S/C14H18Cl2/c1-3-5-6-7-11(4-2)13-10-12(15)8-9-14(13)16/h5-6,8-11H,3-4,7H2,1-2H3/b6-5-. The molecule has 0 nitrogen and oxygen atoms in total. The van der Waals surface area contributed by atoms with E-state index < -0.39 is 0 Å². The van der Waals surface area contributed by atoms with Crippen molar-refractivity contribution in [2.24, 2.45) is 0 Å². The van der Waals surface area contributed by atoms with Gasteiger partial charge in [0.1, 0.15) is 0 Å². The van der Waals surface area contributed by atoms with Gasteiger partial charge in [0.15, 0.2) is 0 Å². The molecule has 0 fully saturated rings. The number of rotatable bonds is 5. The lowest BCUT2D eigenvalue weighted by molar-refractivity contribution is 0.673. The van der Waals surface area contributed by atoms with Crippen molar-refractivity contribution < 1.29 is 0 Å². The third kappa shape index (κ3) is 3.84. The summed E-state index contributed by atoms with van der Waals surface area (Å²) in [5.41, 5.74) is 1.16. The first-order valence-electron chi connectivity index (χ1n) is 5.79. The van der Waals surface area contributed by atoms with Crippen molar-refractivity contribution in [3.8, 4) is 0 Å². The van der Waals surface area contributed by atoms with Crippen molar-refractivity contribution in [1.29, 1.82) is 0 Å². The summed E-state index contributed by atoms with van der Waals surface area (Å²) >= 11 is 12.2. The summed E-state index contributed by atoms with van der Waals surface area (Å²) in [6, 6.07) is 5.70. The number of hydrogen-bond acceptors (Lipinski definition) is 0. The van der Waals surface area contributed by atoms with Crippen molar-refractivity contribution in [2.45, 2.75) is 39.0 Å². The molecule has 0 aliphatic heterocycles. The summed E-state index contributed by atoms with van der Waals surface area (Å²) in [5, 5.41) is 1.58. The molecule has 0 amide bonds. The lowest BCUT2D eigenvalue weighted by Crippen LogP contribution is -1.97. The molecule has 0 bridgehead atoms. The van der Waals surface area contributed by atoms with Crippen LogP contribution in [0.15, 0.2) is 30.4 Å². The first-order valence-corrected chi connectivity index (χ1v) is 6.54. The molecular weight excluding hydrogens is 239 g/mol. The number of halogens is 2. The van der Waals surface area contributed by atoms with Gasteiger partial charge < -0.3 is 0 Å². The Morgan fingerprint density at radius 3 is 2.56 bits per heavy atom. The average molecular weight is 257 g/mol. The summed E-state index contributed by atoms with van der Waals surface area (Å²) in [6.07, 6.45) is 7.62. The van der Waals surface area contributed by atoms with E-state index in [1.807, 2.05) is 18.2 Å². The fraction of sp³-hybridized carbons (Fsp3) is 0.429. The third-order valence-corrected chi connectivity index (χ3v) is 3.29. The Bertz CT molecular complexity index is 356. The predicted octanol–water partition coefficient (Wildman–Crippen LogP) is 5.84. The summed E-state index contributed by atoms with van der Waals surface area (Å²) in [5.74, 6) is 0.467. The molecule has 0 saturated heterocycles. The summed E-state index contributed by atoms with van der Waals surface area (Å²) in [6.45, 7) is 4.32. The van der Waals surface area contributed by atoms with Crippen molar-refractivity contribution in [2.75, 3.05) is 0 Å². The van der Waals surface area contributed by atoms with Crippen LogP contribution in [0.4, 0.5) is 0 Å². The molecule has 2 heteroatoms. The van der Waals surface area contributed by atoms with Crippen LogP contribution in [0.25, 0.3) is 0 Å². The van der Waals surface area contributed by atoms with Gasteiger partial charge >= 0.3 is 0 Å². The van der Waals surface area contributed by atoms with Crippen LogP contribution in [-0.2, 0) is 0 Å². The molecule has 0 radical (unpaired) electrons. The van der Waals surface area contributed by atoms with Gasteiger partial charge in [-0.25, -0.2) is 0 Å². The smallest absolute Gasteiger partial charge is 0.0441 e. The maximum atomic E-state index is 6.20. The Balaban J connectivity index is 2.85. The molecule has 1 unspecified atom stereocenters. The lowest BCUT2D eigenvalue weighted by atomic mass is 9.93. The molecule has 16 heavy (non-hydrogen) atoms. The van der Waals surface area contributed by atoms with E-state index in [0.717, 1.165) is 34.9 Å². The van der Waals surface area contributed by atoms with E-state index in [9.17, 15) is 0 Å². The van der Waals surface area contributed by atoms with Crippen LogP contribution in [0.5, 0.6) is 0 Å². The molecule has 0 N–H and O–H groups in total. The van der Waals surface area contributed by atoms with Crippen LogP contribution in [0.1, 0.15) is 44.6 Å². The highest BCUT2D eigenvalue weighted by Crippen LogP contribution is 2.32. The van der Waals surface area contributed by atoms with Gasteiger partial charge in [-0.2, -0.15) is 0 Å². The molecule has 0 aliphatic carbocycles. The lowest BCUT2D eigenvalue weighted by Gasteiger charge is -2.15. The molecular formula is C14H18Cl2. The van der Waals surface area contributed by atoms with Crippen LogP contribution >= 0.6 is 23.2 Å². The molecule has 0 spiro atoms. The SMILES string of the molecule is CC/C=C\CC(CC)c1cc(Cl)ccc1Cl. The van der Waals surface area contributed by atoms with Gasteiger partial charge in [0.25, 0.3) is 0 Å². The molecule has 1 rings (SSSR count). The minimum atomic E-state index is 0.467. The summed E-state index contributed by atoms with van der Waals surface area (Å²) < 4.78 is 0. The maximum Gasteiger partial charge on any atom is 0.0441 e. The Labute approximate surface area is 108 Å². The Hall–Kier alpha value is -0.460. The summed E-state index contributed by atoms with van der Waals surface area (Å²) in [4.78, 5) is 0. The molecule has 1 atom stereocenters. The monoisotopic (exact) mass is 256 g/mol. The number of benzene rings is 1. The van der Waals surface area contributed by atoms with Crippen LogP contribution in [0, 0.1) is 0 Å². The van der Waals surface area contributed by atoms with Gasteiger partial charge in [-0.3, -0.25) is 0 Å². The van der Waals surface area contributed by atoms with Gasteiger partial charge in [-0.15, -0.1) is 0 Å². The highest BCUT2D eigenvalue weighted by Gasteiger charge is 2.11. The van der Waals surface area contributed by atoms with E-state index in [4.69, 9.17) is 23.2 Å². The van der Waals surface area contributed by atoms with E-state index in [2.05, 4.69) is 26.0 Å². The normalized spacial score (nSPS) is 13.2. The van der Waals surface area contributed by atoms with Gasteiger partial charge in [-0.05, 0) is 48.9 Å². The highest BCUT2D eigenvalue weighted by molar-refractivity contribution is 6.33. The van der Waals surface area contributed by atoms with E-state index in [0.29, 0.717) is 5.92 Å². The number of allylic oxidation sites excluding steroid dienone is 2. The molecule has 0 aromatic heterocycles. The molecule has 0 saturated carbocycles. The Morgan fingerprint density at radius 1 is 1.19 bits per heavy atom. The second-order valence-corrected chi connectivity index (χ2v) is 4.73. The first kappa shape index (κ1) is 13.6. The van der Waals surface area contributed by atoms with Crippen molar-refractivity contribution in [3.63, 3.8) is 0 Å². The number of hydrogen-bond donors (Lipinski definition) is 0. The molecule has 0 aliphatic rings. The van der Waals surface area contributed by atoms with Crippen molar-refractivity contribution >= 4 is 23.2 Å². The quantitative estimate of drug-likeness (QED) is 0.581. The highest BCUT2D eigenvalue weighted by atomic mass is 35.5. The zero-order chi connectivity index (χ0) is 12.0. The van der Waals surface area contributed by atoms with E-state index >= 15 is 0 Å². The van der Waals surface area contributed by atoms with Crippen LogP contribution in [0.3, 0.4) is 0 Å². The molecule has 0 heterocycles. The second kappa shape index (κ2) is 6.98. The molecule has 1 aromatic rings. The van der Waals surface area contributed by atoms with E-state index in [1.54, 1.807) is 0 Å². The molecule has 88 valence electrons. The largest absolute Gasteiger partial charge is 0.0888 e. The minimum Gasteiger partial charge on any atom is -0.0888 e. The fourth-order valence-corrected chi connectivity index (χ4v) is 2.22. The van der Waals surface area contributed by atoms with E-state index in [1.165, 1.54) is 0 Å².